The van der Waals surface area contributed by atoms with E-state index in [9.17, 15) is 14.3 Å². The Kier molecular flexibility index (Phi) is 3.18. The van der Waals surface area contributed by atoms with Gasteiger partial charge in [0.05, 0.1) is 12.0 Å². The lowest BCUT2D eigenvalue weighted by Crippen LogP contribution is -2.32. The van der Waals surface area contributed by atoms with Gasteiger partial charge in [0.25, 0.3) is 0 Å². The highest BCUT2D eigenvalue weighted by Crippen LogP contribution is 2.50. The number of allylic oxidation sites excluding steroid dienone is 2. The number of anilines is 1. The second-order valence-corrected chi connectivity index (χ2v) is 6.08. The molecule has 0 amide bonds. The molecule has 0 saturated heterocycles. The first-order chi connectivity index (χ1) is 11.1. The topological polar surface area (TPSA) is 52.2 Å². The van der Waals surface area contributed by atoms with Gasteiger partial charge in [-0.3, -0.25) is 0 Å². The maximum Gasteiger partial charge on any atom is 0.123 e. The van der Waals surface area contributed by atoms with Crippen molar-refractivity contribution in [3.63, 3.8) is 0 Å². The third-order valence-corrected chi connectivity index (χ3v) is 4.85. The minimum atomic E-state index is -1.19. The average Bonchev–Trinajstić information content (AvgIpc) is 3.04. The molecule has 0 fully saturated rings. The summed E-state index contributed by atoms with van der Waals surface area (Å²) in [5, 5.41) is 14.8. The maximum absolute atomic E-state index is 13.2. The van der Waals surface area contributed by atoms with Gasteiger partial charge in [-0.2, -0.15) is 0 Å². The van der Waals surface area contributed by atoms with Gasteiger partial charge in [-0.05, 0) is 35.6 Å². The van der Waals surface area contributed by atoms with Crippen molar-refractivity contribution in [2.24, 2.45) is 5.92 Å². The minimum absolute atomic E-state index is 0.0522. The average molecular weight is 308 g/mol. The van der Waals surface area contributed by atoms with Crippen molar-refractivity contribution >= 4 is 11.7 Å². The number of carboxylic acids is 1. The van der Waals surface area contributed by atoms with E-state index in [0.717, 1.165) is 17.5 Å². The second kappa shape index (κ2) is 5.23. The molecule has 2 aliphatic rings. The SMILES string of the molecule is O=C([O-])c1cccc2c1NC(c1ccc(F)cc1)C1CC=CC21. The van der Waals surface area contributed by atoms with Crippen molar-refractivity contribution in [1.82, 2.24) is 0 Å². The molecular weight excluding hydrogens is 293 g/mol. The van der Waals surface area contributed by atoms with Gasteiger partial charge in [-0.15, -0.1) is 0 Å². The quantitative estimate of drug-likeness (QED) is 0.868. The van der Waals surface area contributed by atoms with E-state index in [2.05, 4.69) is 17.5 Å². The van der Waals surface area contributed by atoms with Crippen LogP contribution >= 0.6 is 0 Å². The normalized spacial score (nSPS) is 24.7. The predicted octanol–water partition coefficient (Wildman–Crippen LogP) is 3.02. The smallest absolute Gasteiger partial charge is 0.123 e. The summed E-state index contributed by atoms with van der Waals surface area (Å²) in [5.74, 6) is -1.00. The maximum atomic E-state index is 13.2. The van der Waals surface area contributed by atoms with Gasteiger partial charge in [0.1, 0.15) is 5.82 Å². The van der Waals surface area contributed by atoms with Crippen molar-refractivity contribution in [1.29, 1.82) is 0 Å². The summed E-state index contributed by atoms with van der Waals surface area (Å²) in [6, 6.07) is 11.6. The van der Waals surface area contributed by atoms with E-state index in [4.69, 9.17) is 0 Å². The Bertz CT molecular complexity index is 798. The molecule has 1 heterocycles. The molecule has 0 spiro atoms. The number of fused-ring (bicyclic) bond motifs is 3. The van der Waals surface area contributed by atoms with Gasteiger partial charge < -0.3 is 15.2 Å². The molecule has 23 heavy (non-hydrogen) atoms. The van der Waals surface area contributed by atoms with Crippen LogP contribution in [-0.4, -0.2) is 5.97 Å². The molecule has 3 atom stereocenters. The van der Waals surface area contributed by atoms with Crippen molar-refractivity contribution in [2.45, 2.75) is 18.4 Å². The predicted molar refractivity (Wildman–Crippen MR) is 83.5 cm³/mol. The Morgan fingerprint density at radius 3 is 2.70 bits per heavy atom. The number of rotatable bonds is 2. The second-order valence-electron chi connectivity index (χ2n) is 6.08. The van der Waals surface area contributed by atoms with E-state index < -0.39 is 5.97 Å². The van der Waals surface area contributed by atoms with Gasteiger partial charge in [0.15, 0.2) is 0 Å². The van der Waals surface area contributed by atoms with Crippen LogP contribution < -0.4 is 10.4 Å². The van der Waals surface area contributed by atoms with Crippen LogP contribution in [0.15, 0.2) is 54.6 Å². The number of aromatic carboxylic acids is 1. The van der Waals surface area contributed by atoms with Crippen LogP contribution in [0.3, 0.4) is 0 Å². The van der Waals surface area contributed by atoms with Crippen molar-refractivity contribution in [3.8, 4) is 0 Å². The molecule has 0 bridgehead atoms. The molecular formula is C19H15FNO2-. The number of carbonyl (C=O) groups is 1. The monoisotopic (exact) mass is 308 g/mol. The number of carboxylic acid groups (broad SMARTS) is 1. The fraction of sp³-hybridized carbons (Fsp3) is 0.211. The Hall–Kier alpha value is -2.62. The Morgan fingerprint density at radius 1 is 1.17 bits per heavy atom. The zero-order valence-corrected chi connectivity index (χ0v) is 12.3. The van der Waals surface area contributed by atoms with Crippen molar-refractivity contribution in [2.75, 3.05) is 5.32 Å². The molecule has 4 heteroatoms. The lowest BCUT2D eigenvalue weighted by Gasteiger charge is -2.38. The van der Waals surface area contributed by atoms with Crippen molar-refractivity contribution < 1.29 is 14.3 Å². The first-order valence-electron chi connectivity index (χ1n) is 7.68. The minimum Gasteiger partial charge on any atom is -0.545 e. The molecule has 2 aromatic rings. The van der Waals surface area contributed by atoms with Crippen LogP contribution in [0.1, 0.15) is 39.9 Å². The van der Waals surface area contributed by atoms with E-state index in [0.29, 0.717) is 11.6 Å². The summed E-state index contributed by atoms with van der Waals surface area (Å²) in [7, 11) is 0. The summed E-state index contributed by atoms with van der Waals surface area (Å²) >= 11 is 0. The van der Waals surface area contributed by atoms with E-state index in [1.54, 1.807) is 24.3 Å². The molecule has 116 valence electrons. The first kappa shape index (κ1) is 14.0. The Labute approximate surface area is 133 Å². The Morgan fingerprint density at radius 2 is 1.96 bits per heavy atom. The third-order valence-electron chi connectivity index (χ3n) is 4.85. The molecule has 1 aliphatic heterocycles. The number of carbonyl (C=O) groups excluding carboxylic acids is 1. The number of nitrogens with one attached hydrogen (secondary N) is 1. The summed E-state index contributed by atoms with van der Waals surface area (Å²) < 4.78 is 13.2. The molecule has 0 aromatic heterocycles. The third kappa shape index (κ3) is 2.22. The molecule has 1 aliphatic carbocycles. The van der Waals surface area contributed by atoms with E-state index in [-0.39, 0.29) is 23.3 Å². The summed E-state index contributed by atoms with van der Waals surface area (Å²) in [6.45, 7) is 0. The van der Waals surface area contributed by atoms with Crippen LogP contribution in [0.4, 0.5) is 10.1 Å². The van der Waals surface area contributed by atoms with Crippen LogP contribution in [0.25, 0.3) is 0 Å². The fourth-order valence-corrected chi connectivity index (χ4v) is 3.79. The zero-order valence-electron chi connectivity index (χ0n) is 12.3. The summed E-state index contributed by atoms with van der Waals surface area (Å²) in [4.78, 5) is 11.4. The zero-order chi connectivity index (χ0) is 16.0. The van der Waals surface area contributed by atoms with Gasteiger partial charge in [0, 0.05) is 17.2 Å². The highest BCUT2D eigenvalue weighted by molar-refractivity contribution is 5.94. The number of hydrogen-bond donors (Lipinski definition) is 1. The number of hydrogen-bond acceptors (Lipinski definition) is 3. The van der Waals surface area contributed by atoms with E-state index >= 15 is 0 Å². The largest absolute Gasteiger partial charge is 0.545 e. The highest BCUT2D eigenvalue weighted by atomic mass is 19.1. The molecule has 3 nitrogen and oxygen atoms in total. The summed E-state index contributed by atoms with van der Waals surface area (Å²) in [6.07, 6.45) is 5.18. The lowest BCUT2D eigenvalue weighted by atomic mass is 9.76. The molecule has 0 radical (unpaired) electrons. The Balaban J connectivity index is 1.83. The van der Waals surface area contributed by atoms with Crippen LogP contribution in [0.2, 0.25) is 0 Å². The first-order valence-corrected chi connectivity index (χ1v) is 7.68. The molecule has 1 N–H and O–H groups in total. The van der Waals surface area contributed by atoms with Crippen LogP contribution in [0, 0.1) is 11.7 Å². The van der Waals surface area contributed by atoms with Crippen molar-refractivity contribution in [3.05, 3.63) is 77.1 Å². The van der Waals surface area contributed by atoms with Gasteiger partial charge in [0.2, 0.25) is 0 Å². The summed E-state index contributed by atoms with van der Waals surface area (Å²) in [5.41, 5.74) is 2.75. The van der Waals surface area contributed by atoms with Crippen LogP contribution in [-0.2, 0) is 0 Å². The van der Waals surface area contributed by atoms with Gasteiger partial charge in [-0.1, -0.05) is 42.5 Å². The van der Waals surface area contributed by atoms with Crippen LogP contribution in [0.5, 0.6) is 0 Å². The number of halogens is 1. The number of para-hydroxylation sites is 1. The van der Waals surface area contributed by atoms with E-state index in [1.807, 2.05) is 6.07 Å². The van der Waals surface area contributed by atoms with E-state index in [1.165, 1.54) is 12.1 Å². The standard InChI is InChI=1S/C19H16FNO2/c20-12-9-7-11(8-10-12)17-14-4-1-3-13(14)15-5-2-6-16(19(22)23)18(15)21-17/h1-3,5-10,13-14,17,21H,4H2,(H,22,23)/p-1. The molecule has 2 aromatic carbocycles. The fourth-order valence-electron chi connectivity index (χ4n) is 3.79. The molecule has 4 rings (SSSR count). The highest BCUT2D eigenvalue weighted by Gasteiger charge is 2.38. The number of benzene rings is 2. The van der Waals surface area contributed by atoms with Gasteiger partial charge >= 0.3 is 0 Å². The van der Waals surface area contributed by atoms with Gasteiger partial charge in [-0.25, -0.2) is 4.39 Å². The lowest BCUT2D eigenvalue weighted by molar-refractivity contribution is -0.254. The molecule has 0 saturated carbocycles. The molecule has 3 unspecified atom stereocenters.